The number of ketones is 1. The Bertz CT molecular complexity index is 4320. The minimum atomic E-state index is -0.334. The highest BCUT2D eigenvalue weighted by atomic mass is 16.1. The fraction of sp³-hybridized carbons (Fsp3) is 0.0441. The van der Waals surface area contributed by atoms with Crippen molar-refractivity contribution in [3.8, 4) is 33.6 Å². The molecule has 0 amide bonds. The van der Waals surface area contributed by atoms with Crippen LogP contribution in [0.25, 0.3) is 88.0 Å². The van der Waals surface area contributed by atoms with E-state index in [4.69, 9.17) is 0 Å². The zero-order valence-corrected chi connectivity index (χ0v) is 39.9. The highest BCUT2D eigenvalue weighted by molar-refractivity contribution is 6.15. The van der Waals surface area contributed by atoms with Crippen LogP contribution in [0.2, 0.25) is 0 Å². The Morgan fingerprint density at radius 3 is 1.76 bits per heavy atom. The van der Waals surface area contributed by atoms with E-state index in [1.165, 1.54) is 43.6 Å². The van der Waals surface area contributed by atoms with Crippen molar-refractivity contribution in [3.05, 3.63) is 271 Å². The molecule has 0 unspecified atom stereocenters. The maximum absolute atomic E-state index is 13.9. The zero-order chi connectivity index (χ0) is 48.1. The molecule has 1 aliphatic carbocycles. The number of para-hydroxylation sites is 3. The van der Waals surface area contributed by atoms with Crippen molar-refractivity contribution in [1.82, 2.24) is 9.13 Å². The van der Waals surface area contributed by atoms with Gasteiger partial charge in [0.2, 0.25) is 0 Å². The van der Waals surface area contributed by atoms with Crippen molar-refractivity contribution in [1.29, 1.82) is 0 Å². The third-order valence-corrected chi connectivity index (χ3v) is 15.3. The van der Waals surface area contributed by atoms with E-state index in [9.17, 15) is 4.79 Å². The Hall–Kier alpha value is -9.25. The van der Waals surface area contributed by atoms with Gasteiger partial charge in [-0.3, -0.25) is 4.79 Å². The van der Waals surface area contributed by atoms with E-state index in [0.29, 0.717) is 0 Å². The van der Waals surface area contributed by atoms with E-state index in [-0.39, 0.29) is 11.2 Å². The van der Waals surface area contributed by atoms with Crippen LogP contribution in [0.4, 0.5) is 17.1 Å². The number of carbonyl (C=O) groups is 1. The topological polar surface area (TPSA) is 30.2 Å². The standard InChI is InChI=1S/C68H47N3O/c1-68(2)61-29-13-11-27-57(61)67(72)58-35-31-46(41-62(58)68)45-19-15-24-50(39-45)71-64-37-32-47(54-28-16-18-44-17-9-10-25-53(44)54)40-59(64)60-42-51(34-38-65(60)71)69(48-20-5-3-6-21-48)52-33-36-56-55-26-12-14-30-63(55)70(66(56)43-52)49-22-7-4-8-23-49/h3-43H,1-2H3. The number of anilines is 3. The predicted octanol–water partition coefficient (Wildman–Crippen LogP) is 17.7. The van der Waals surface area contributed by atoms with Crippen LogP contribution in [-0.2, 0) is 5.41 Å². The molecule has 2 heterocycles. The minimum Gasteiger partial charge on any atom is -0.310 e. The first-order valence-corrected chi connectivity index (χ1v) is 24.8. The molecule has 72 heavy (non-hydrogen) atoms. The smallest absolute Gasteiger partial charge is 0.193 e. The van der Waals surface area contributed by atoms with Gasteiger partial charge in [-0.05, 0) is 135 Å². The summed E-state index contributed by atoms with van der Waals surface area (Å²) in [6.45, 7) is 4.47. The Kier molecular flexibility index (Phi) is 9.36. The molecular formula is C68H47N3O. The molecule has 13 aromatic rings. The van der Waals surface area contributed by atoms with E-state index in [1.54, 1.807) is 0 Å². The zero-order valence-electron chi connectivity index (χ0n) is 39.9. The quantitative estimate of drug-likeness (QED) is 0.159. The van der Waals surface area contributed by atoms with Crippen LogP contribution >= 0.6 is 0 Å². The summed E-state index contributed by atoms with van der Waals surface area (Å²) >= 11 is 0. The lowest BCUT2D eigenvalue weighted by Crippen LogP contribution is -2.30. The van der Waals surface area contributed by atoms with Crippen LogP contribution in [0.5, 0.6) is 0 Å². The summed E-state index contributed by atoms with van der Waals surface area (Å²) in [5.41, 5.74) is 17.9. The molecule has 11 aromatic carbocycles. The second kappa shape index (κ2) is 16.2. The predicted molar refractivity (Wildman–Crippen MR) is 300 cm³/mol. The molecule has 4 nitrogen and oxygen atoms in total. The molecule has 0 saturated heterocycles. The van der Waals surface area contributed by atoms with Crippen molar-refractivity contribution in [2.24, 2.45) is 0 Å². The van der Waals surface area contributed by atoms with Crippen LogP contribution in [0.1, 0.15) is 40.9 Å². The molecule has 0 spiro atoms. The number of aromatic nitrogens is 2. The number of hydrogen-bond acceptors (Lipinski definition) is 2. The first-order chi connectivity index (χ1) is 35.4. The third kappa shape index (κ3) is 6.42. The van der Waals surface area contributed by atoms with Gasteiger partial charge in [-0.2, -0.15) is 0 Å². The fourth-order valence-corrected chi connectivity index (χ4v) is 11.8. The summed E-state index contributed by atoms with van der Waals surface area (Å²) < 4.78 is 4.81. The maximum atomic E-state index is 13.9. The van der Waals surface area contributed by atoms with Gasteiger partial charge < -0.3 is 14.0 Å². The summed E-state index contributed by atoms with van der Waals surface area (Å²) in [4.78, 5) is 16.2. The summed E-state index contributed by atoms with van der Waals surface area (Å²) in [6, 6.07) is 89.5. The summed E-state index contributed by atoms with van der Waals surface area (Å²) in [5, 5.41) is 7.22. The van der Waals surface area contributed by atoms with E-state index in [0.717, 1.165) is 83.8 Å². The van der Waals surface area contributed by atoms with Gasteiger partial charge in [-0.1, -0.05) is 172 Å². The molecule has 0 saturated carbocycles. The highest BCUT2D eigenvalue weighted by Gasteiger charge is 2.36. The minimum absolute atomic E-state index is 0.0921. The molecule has 0 bridgehead atoms. The van der Waals surface area contributed by atoms with Gasteiger partial charge in [0.15, 0.2) is 5.78 Å². The first kappa shape index (κ1) is 41.7. The number of fused-ring (bicyclic) bond motifs is 9. The SMILES string of the molecule is CC1(C)c2ccccc2C(=O)c2ccc(-c3cccc(-n4c5ccc(-c6cccc7ccccc67)cc5c5cc(N(c6ccccc6)c6ccc7c8ccccc8n(-c8ccccc8)c7c6)ccc54)c3)cc21. The highest BCUT2D eigenvalue weighted by Crippen LogP contribution is 2.46. The van der Waals surface area contributed by atoms with Gasteiger partial charge in [0.05, 0.1) is 22.1 Å². The fourth-order valence-electron chi connectivity index (χ4n) is 11.8. The van der Waals surface area contributed by atoms with E-state index >= 15 is 0 Å². The summed E-state index contributed by atoms with van der Waals surface area (Å²) in [7, 11) is 0. The summed E-state index contributed by atoms with van der Waals surface area (Å²) in [5.74, 6) is 0.0921. The molecular weight excluding hydrogens is 875 g/mol. The molecule has 4 heteroatoms. The molecule has 14 rings (SSSR count). The largest absolute Gasteiger partial charge is 0.310 e. The van der Waals surface area contributed by atoms with Crippen LogP contribution in [-0.4, -0.2) is 14.9 Å². The number of benzene rings is 11. The van der Waals surface area contributed by atoms with Crippen molar-refractivity contribution in [3.63, 3.8) is 0 Å². The van der Waals surface area contributed by atoms with Gasteiger partial charge in [-0.15, -0.1) is 0 Å². The van der Waals surface area contributed by atoms with Crippen molar-refractivity contribution >= 4 is 77.2 Å². The normalized spacial score (nSPS) is 13.0. The van der Waals surface area contributed by atoms with E-state index in [2.05, 4.69) is 252 Å². The molecule has 0 atom stereocenters. The number of rotatable bonds is 7. The van der Waals surface area contributed by atoms with Gasteiger partial charge in [-0.25, -0.2) is 0 Å². The van der Waals surface area contributed by atoms with Gasteiger partial charge in [0.1, 0.15) is 0 Å². The van der Waals surface area contributed by atoms with Crippen LogP contribution in [0.15, 0.2) is 249 Å². The molecule has 0 fully saturated rings. The number of carbonyl (C=O) groups excluding carboxylic acids is 1. The summed E-state index contributed by atoms with van der Waals surface area (Å²) in [6.07, 6.45) is 0. The van der Waals surface area contributed by atoms with Crippen LogP contribution < -0.4 is 4.90 Å². The Labute approximate surface area is 417 Å². The maximum Gasteiger partial charge on any atom is 0.193 e. The lowest BCUT2D eigenvalue weighted by molar-refractivity contribution is 0.103. The second-order valence-corrected chi connectivity index (χ2v) is 19.7. The van der Waals surface area contributed by atoms with Crippen LogP contribution in [0, 0.1) is 0 Å². The number of nitrogens with zero attached hydrogens (tertiary/aromatic N) is 3. The first-order valence-electron chi connectivity index (χ1n) is 24.8. The molecule has 1 aliphatic rings. The molecule has 0 aliphatic heterocycles. The molecule has 2 aromatic heterocycles. The van der Waals surface area contributed by atoms with Crippen molar-refractivity contribution in [2.45, 2.75) is 19.3 Å². The number of hydrogen-bond donors (Lipinski definition) is 0. The van der Waals surface area contributed by atoms with Gasteiger partial charge in [0, 0.05) is 66.5 Å². The van der Waals surface area contributed by atoms with E-state index in [1.807, 2.05) is 24.3 Å². The van der Waals surface area contributed by atoms with E-state index < -0.39 is 0 Å². The Balaban J connectivity index is 0.970. The molecule has 0 N–H and O–H groups in total. The van der Waals surface area contributed by atoms with Crippen molar-refractivity contribution in [2.75, 3.05) is 4.90 Å². The second-order valence-electron chi connectivity index (χ2n) is 19.7. The van der Waals surface area contributed by atoms with Crippen LogP contribution in [0.3, 0.4) is 0 Å². The Morgan fingerprint density at radius 2 is 0.903 bits per heavy atom. The molecule has 340 valence electrons. The van der Waals surface area contributed by atoms with Gasteiger partial charge >= 0.3 is 0 Å². The third-order valence-electron chi connectivity index (χ3n) is 15.3. The monoisotopic (exact) mass is 921 g/mol. The molecule has 0 radical (unpaired) electrons. The Morgan fingerprint density at radius 1 is 0.333 bits per heavy atom. The lowest BCUT2D eigenvalue weighted by atomic mass is 9.68. The van der Waals surface area contributed by atoms with Gasteiger partial charge in [0.25, 0.3) is 0 Å². The average molecular weight is 922 g/mol. The average Bonchev–Trinajstić information content (AvgIpc) is 3.95. The van der Waals surface area contributed by atoms with Crippen molar-refractivity contribution < 1.29 is 4.79 Å². The lowest BCUT2D eigenvalue weighted by Gasteiger charge is -2.34.